The molecule has 0 radical (unpaired) electrons. The van der Waals surface area contributed by atoms with E-state index in [9.17, 15) is 20.4 Å². The zero-order valence-corrected chi connectivity index (χ0v) is 100. The molecule has 4 N–H and O–H groups in total. The summed E-state index contributed by atoms with van der Waals surface area (Å²) in [4.78, 5) is 0. The van der Waals surface area contributed by atoms with Crippen molar-refractivity contribution >= 4 is 56.9 Å². The molecule has 758 valence electrons. The number of hydrogen-bond acceptors (Lipinski definition) is 8. The van der Waals surface area contributed by atoms with Crippen molar-refractivity contribution in [2.45, 2.75) is 248 Å². The van der Waals surface area contributed by atoms with Gasteiger partial charge in [-0.3, -0.25) is 0 Å². The number of hydrogen-bond donors (Lipinski definition) is 4. The van der Waals surface area contributed by atoms with Crippen molar-refractivity contribution in [1.29, 1.82) is 0 Å². The van der Waals surface area contributed by atoms with E-state index >= 15 is 0 Å². The second kappa shape index (κ2) is 46.0. The first-order valence-corrected chi connectivity index (χ1v) is 55.7. The van der Waals surface area contributed by atoms with E-state index in [1.54, 1.807) is 0 Å². The van der Waals surface area contributed by atoms with Gasteiger partial charge in [-0.2, -0.15) is 0 Å². The van der Waals surface area contributed by atoms with Crippen LogP contribution in [0.2, 0.25) is 9.50 Å². The standard InChI is InChI=1S/C70H96GeO4.C58H50N2O4.4CH3.Hf.Zr/c1-43(2)71(44(3)4,41-74-61-27-25-49(65(7,8)9)39-57(61)59-31-45(5)29-55(63(59)72)47-33-51(67(13,14)15)37-52(34-47)68(16,17)18)42-75-62-28-26-50(66(10,11)12)40-58(62)60-32-46(6)30-56(64(60)73)48-35-53(69(19,20)21)38-54(36-48)70(22,23)24;1-37-31-47(57(61)53(33-37)59-49-25-11-5-19-41(49)42-20-6-12-26-50(42)59)45-23-9-15-29-55(45)63-35-39-17-3-4-18-40(39)36-64-56-30-16-10-24-46(56)48-32-38(2)34-54(58(48)62)60-51-27-13-7-21-43(51)44-22-8-14-28-52(44)60;;;;;;/h25-40,43-44,72-73H,41-42H2,1-24H3;5-16,19-34,39-40,61-62H,3-4,17-18,35-36H2,1-2H3;4*1H3;;/q;;4*-1;;+2/t;39-,40-;;;;;;/m.0....../s1. The summed E-state index contributed by atoms with van der Waals surface area (Å²) < 4.78 is 33.2. The molecule has 1 saturated carbocycles. The Kier molecular flexibility index (Phi) is 36.9. The van der Waals surface area contributed by atoms with Crippen molar-refractivity contribution in [3.05, 3.63) is 352 Å². The average Bonchev–Trinajstić information content (AvgIpc) is 1.58. The van der Waals surface area contributed by atoms with Crippen LogP contribution < -0.4 is 18.9 Å². The quantitative estimate of drug-likeness (QED) is 0.0390. The van der Waals surface area contributed by atoms with Gasteiger partial charge in [-0.1, -0.05) is 122 Å². The predicted octanol–water partition coefficient (Wildman–Crippen LogP) is 36.3. The minimum atomic E-state index is -3.23. The molecule has 0 aliphatic heterocycles. The van der Waals surface area contributed by atoms with Crippen LogP contribution in [0.25, 0.3) is 122 Å². The van der Waals surface area contributed by atoms with Crippen molar-refractivity contribution < 1.29 is 91.4 Å². The summed E-state index contributed by atoms with van der Waals surface area (Å²) in [5.41, 5.74) is 28.0. The predicted molar refractivity (Wildman–Crippen MR) is 614 cm³/mol. The molecule has 2 heterocycles. The van der Waals surface area contributed by atoms with Crippen molar-refractivity contribution in [1.82, 2.24) is 9.13 Å². The Morgan fingerprint density at radius 3 is 0.828 bits per heavy atom. The van der Waals surface area contributed by atoms with Gasteiger partial charge in [0.1, 0.15) is 23.0 Å². The minimum Gasteiger partial charge on any atom is -0.505 e. The van der Waals surface area contributed by atoms with Gasteiger partial charge in [-0.05, 0) is 110 Å². The normalized spacial score (nSPS) is 13.6. The molecule has 0 spiro atoms. The first-order chi connectivity index (χ1) is 65.6. The van der Waals surface area contributed by atoms with Crippen molar-refractivity contribution in [2.24, 2.45) is 11.8 Å². The van der Waals surface area contributed by atoms with Crippen LogP contribution in [-0.2, 0) is 84.5 Å². The van der Waals surface area contributed by atoms with Crippen LogP contribution in [0.4, 0.5) is 0 Å². The molecule has 2 aromatic heterocycles. The number of aromatic nitrogens is 2. The molecule has 0 saturated heterocycles. The molecule has 2 atom stereocenters. The van der Waals surface area contributed by atoms with E-state index in [0.29, 0.717) is 33.6 Å². The molecule has 0 amide bonds. The number of aromatic hydroxyl groups is 4. The zero-order valence-electron chi connectivity index (χ0n) is 92.2. The van der Waals surface area contributed by atoms with Crippen LogP contribution >= 0.6 is 0 Å². The number of aryl methyl sites for hydroxylation is 4. The molecule has 10 nitrogen and oxygen atoms in total. The van der Waals surface area contributed by atoms with Crippen molar-refractivity contribution in [3.8, 4) is 124 Å². The molecule has 1 aliphatic carbocycles. The van der Waals surface area contributed by atoms with Gasteiger partial charge >= 0.3 is 487 Å². The average molecular weight is 2240 g/mol. The maximum atomic E-state index is 12.7. The van der Waals surface area contributed by atoms with Crippen LogP contribution in [0, 0.1) is 69.2 Å². The third-order valence-corrected chi connectivity index (χ3v) is 42.0. The van der Waals surface area contributed by atoms with E-state index in [2.05, 4.69) is 408 Å². The Morgan fingerprint density at radius 1 is 0.283 bits per heavy atom. The fourth-order valence-corrected chi connectivity index (χ4v) is 28.1. The zero-order chi connectivity index (χ0) is 99.7. The Morgan fingerprint density at radius 2 is 0.538 bits per heavy atom. The molecule has 0 unspecified atom stereocenters. The first-order valence-electron chi connectivity index (χ1n) is 50.3. The Bertz CT molecular complexity index is 6690. The van der Waals surface area contributed by atoms with Gasteiger partial charge in [0.25, 0.3) is 0 Å². The number of rotatable bonds is 22. The summed E-state index contributed by atoms with van der Waals surface area (Å²) in [6.45, 7) is 59.4. The molecule has 1 fully saturated rings. The molecule has 13 heteroatoms. The molecule has 14 aromatic carbocycles. The van der Waals surface area contributed by atoms with Gasteiger partial charge in [0.05, 0.1) is 46.7 Å². The number of phenols is 4. The minimum absolute atomic E-state index is 0. The third kappa shape index (κ3) is 24.5. The van der Waals surface area contributed by atoms with Gasteiger partial charge in [0, 0.05) is 69.6 Å². The molecule has 145 heavy (non-hydrogen) atoms. The maximum Gasteiger partial charge on any atom is 2.00 e. The van der Waals surface area contributed by atoms with E-state index in [-0.39, 0.29) is 149 Å². The number of fused-ring (bicyclic) bond motifs is 6. The largest absolute Gasteiger partial charge is 2.00 e. The summed E-state index contributed by atoms with van der Waals surface area (Å²) in [5.74, 6) is 4.56. The fourth-order valence-electron chi connectivity index (χ4n) is 20.6. The van der Waals surface area contributed by atoms with Crippen molar-refractivity contribution in [2.75, 3.05) is 24.1 Å². The van der Waals surface area contributed by atoms with Crippen LogP contribution in [0.1, 0.15) is 234 Å². The smallest absolute Gasteiger partial charge is 0.505 e. The van der Waals surface area contributed by atoms with Gasteiger partial charge in [0.15, 0.2) is 0 Å². The van der Waals surface area contributed by atoms with E-state index in [4.69, 9.17) is 18.9 Å². The molecule has 0 bridgehead atoms. The maximum absolute atomic E-state index is 12.7. The topological polar surface area (TPSA) is 128 Å². The summed E-state index contributed by atoms with van der Waals surface area (Å²) in [6, 6.07) is 93.3. The fraction of sp³-hybridized carbons (Fsp3) is 0.333. The van der Waals surface area contributed by atoms with Crippen LogP contribution in [0.15, 0.2) is 267 Å². The van der Waals surface area contributed by atoms with Gasteiger partial charge in [-0.15, -0.1) is 0 Å². The Balaban J connectivity index is 0.000000288. The summed E-state index contributed by atoms with van der Waals surface area (Å²) in [5, 5.41) is 54.3. The summed E-state index contributed by atoms with van der Waals surface area (Å²) in [6.07, 6.45) is 4.39. The van der Waals surface area contributed by atoms with Gasteiger partial charge < -0.3 is 58.5 Å². The Hall–Kier alpha value is -10.6. The third-order valence-electron chi connectivity index (χ3n) is 29.5. The Labute approximate surface area is 909 Å². The van der Waals surface area contributed by atoms with E-state index in [0.717, 1.165) is 193 Å². The molecule has 1 aliphatic rings. The monoisotopic (exact) mass is 2240 g/mol. The van der Waals surface area contributed by atoms with Crippen LogP contribution in [-0.4, -0.2) is 66.9 Å². The van der Waals surface area contributed by atoms with Gasteiger partial charge in [-0.25, -0.2) is 0 Å². The van der Waals surface area contributed by atoms with E-state index in [1.165, 1.54) is 33.4 Å². The number of benzene rings is 14. The molecular formula is C132H158GeHfN2O8Zr-2. The SMILES string of the molecule is Cc1cc(-c2cc(C(C)(C)C)cc(C(C)(C)C)c2)c(O)c(-c2cc(C(C)(C)C)ccc2O[CH2][Ge]([CH2]Oc2ccc(C(C)(C)C)cc2-c2cc(C)cc(-c3cc(C(C)(C)C)cc(C(C)(C)C)c3)c2O)([CH](C)C)[CH](C)C)c1.Cc1cc(-c2ccccc2OC[C@@H]2CCCC[C@H]2COc2ccccc2-c2cc(C)cc(-n3c4ccccc4c4ccccc43)c2O)c(O)c(-n2c3ccccc3c3ccccc32)c1.[CH3-].[CH3-].[CH3-].[CH3-].[Hf].[Zr+2]. The molecule has 17 rings (SSSR count). The van der Waals surface area contributed by atoms with Gasteiger partial charge in [0.2, 0.25) is 0 Å². The second-order valence-corrected chi connectivity index (χ2v) is 57.8. The van der Waals surface area contributed by atoms with Crippen molar-refractivity contribution in [3.63, 3.8) is 0 Å². The number of nitrogens with zero attached hydrogens (tertiary/aromatic N) is 2. The van der Waals surface area contributed by atoms with Crippen LogP contribution in [0.5, 0.6) is 46.0 Å². The van der Waals surface area contributed by atoms with E-state index in [1.807, 2.05) is 48.5 Å². The summed E-state index contributed by atoms with van der Waals surface area (Å²) >= 11 is -3.23. The van der Waals surface area contributed by atoms with E-state index < -0.39 is 13.3 Å². The number of phenolic OH excluding ortho intramolecular Hbond substituents is 4. The summed E-state index contributed by atoms with van der Waals surface area (Å²) in [7, 11) is 0. The van der Waals surface area contributed by atoms with Crippen LogP contribution in [0.3, 0.4) is 0 Å². The number of para-hydroxylation sites is 6. The number of ether oxygens (including phenoxy) is 4. The second-order valence-electron chi connectivity index (χ2n) is 46.6. The first kappa shape index (κ1) is 116. The molecular weight excluding hydrogens is 2080 g/mol. The molecule has 16 aromatic rings.